The van der Waals surface area contributed by atoms with Gasteiger partial charge in [0, 0.05) is 64.6 Å². The number of imidazole rings is 1. The van der Waals surface area contributed by atoms with Crippen molar-refractivity contribution in [3.8, 4) is 0 Å². The summed E-state index contributed by atoms with van der Waals surface area (Å²) < 4.78 is 6.63. The molecule has 0 spiro atoms. The van der Waals surface area contributed by atoms with E-state index in [0.717, 1.165) is 12.8 Å². The van der Waals surface area contributed by atoms with Gasteiger partial charge in [-0.05, 0) is 25.7 Å². The molecule has 0 bridgehead atoms. The van der Waals surface area contributed by atoms with Gasteiger partial charge in [0.05, 0.1) is 0 Å². The zero-order chi connectivity index (χ0) is 19.4. The Morgan fingerprint density at radius 1 is 1.11 bits per heavy atom. The van der Waals surface area contributed by atoms with Crippen LogP contribution in [0.4, 0.5) is 0 Å². The fraction of sp³-hybridized carbons (Fsp3) is 0.684. The van der Waals surface area contributed by atoms with E-state index >= 15 is 0 Å². The molecule has 2 aliphatic rings. The molecule has 0 aliphatic carbocycles. The van der Waals surface area contributed by atoms with Gasteiger partial charge in [-0.3, -0.25) is 14.4 Å². The maximum atomic E-state index is 12.9. The number of hydrogen-bond donors (Lipinski definition) is 0. The number of carbonyl (C=O) groups is 3. The minimum absolute atomic E-state index is 0.0139. The fourth-order valence-electron chi connectivity index (χ4n) is 4.03. The Kier molecular flexibility index (Phi) is 6.26. The molecule has 0 radical (unpaired) electrons. The maximum Gasteiger partial charge on any atom is 0.248 e. The summed E-state index contributed by atoms with van der Waals surface area (Å²) in [5.74, 6) is 0.304. The molecule has 2 amide bonds. The van der Waals surface area contributed by atoms with Gasteiger partial charge in [0.25, 0.3) is 0 Å². The van der Waals surface area contributed by atoms with Crippen molar-refractivity contribution >= 4 is 17.6 Å². The minimum atomic E-state index is -0.188. The van der Waals surface area contributed by atoms with Crippen LogP contribution in [0.5, 0.6) is 0 Å². The number of Topliss-reactive ketones (excluding diaryl/α,β-unsaturated/α-hetero) is 1. The Labute approximate surface area is 159 Å². The largest absolute Gasteiger partial charge is 0.375 e. The van der Waals surface area contributed by atoms with E-state index in [1.807, 2.05) is 11.9 Å². The Hall–Kier alpha value is -2.22. The zero-order valence-corrected chi connectivity index (χ0v) is 16.1. The van der Waals surface area contributed by atoms with Crippen molar-refractivity contribution in [2.45, 2.75) is 25.7 Å². The van der Waals surface area contributed by atoms with Gasteiger partial charge < -0.3 is 19.1 Å². The molecule has 8 heteroatoms. The second-order valence-electron chi connectivity index (χ2n) is 7.44. The molecule has 1 aromatic rings. The molecule has 3 rings (SSSR count). The lowest BCUT2D eigenvalue weighted by Crippen LogP contribution is -2.48. The molecule has 1 aromatic heterocycles. The van der Waals surface area contributed by atoms with Gasteiger partial charge in [0.15, 0.2) is 5.82 Å². The van der Waals surface area contributed by atoms with E-state index in [-0.39, 0.29) is 36.0 Å². The van der Waals surface area contributed by atoms with E-state index < -0.39 is 0 Å². The molecule has 0 saturated carbocycles. The fourth-order valence-corrected chi connectivity index (χ4v) is 4.03. The molecule has 2 aliphatic heterocycles. The number of ketones is 1. The molecule has 27 heavy (non-hydrogen) atoms. The number of aryl methyl sites for hydroxylation is 1. The van der Waals surface area contributed by atoms with Gasteiger partial charge in [-0.1, -0.05) is 0 Å². The monoisotopic (exact) mass is 376 g/mol. The normalized spacial score (nSPS) is 21.3. The van der Waals surface area contributed by atoms with Crippen LogP contribution in [-0.4, -0.2) is 76.8 Å². The van der Waals surface area contributed by atoms with Crippen molar-refractivity contribution in [3.63, 3.8) is 0 Å². The van der Waals surface area contributed by atoms with Crippen LogP contribution in [-0.2, 0) is 21.4 Å². The number of nitrogens with zero attached hydrogens (tertiary/aromatic N) is 4. The van der Waals surface area contributed by atoms with Crippen LogP contribution in [0.15, 0.2) is 12.4 Å². The Morgan fingerprint density at radius 2 is 1.85 bits per heavy atom. The number of amides is 2. The molecule has 2 saturated heterocycles. The van der Waals surface area contributed by atoms with E-state index in [1.54, 1.807) is 21.9 Å². The Morgan fingerprint density at radius 3 is 2.48 bits per heavy atom. The highest BCUT2D eigenvalue weighted by atomic mass is 16.5. The summed E-state index contributed by atoms with van der Waals surface area (Å²) in [4.78, 5) is 45.3. The number of aromatic nitrogens is 2. The van der Waals surface area contributed by atoms with Crippen LogP contribution in [0, 0.1) is 11.8 Å². The Balaban J connectivity index is 1.55. The predicted octanol–water partition coefficient (Wildman–Crippen LogP) is 0.726. The number of likely N-dealkylation sites (tertiary alicyclic amines) is 2. The third-order valence-corrected chi connectivity index (χ3v) is 5.61. The number of hydrogen-bond acceptors (Lipinski definition) is 5. The van der Waals surface area contributed by atoms with E-state index in [0.29, 0.717) is 44.8 Å². The molecule has 0 aromatic carbocycles. The van der Waals surface area contributed by atoms with Gasteiger partial charge in [0.1, 0.15) is 6.61 Å². The first-order valence-electron chi connectivity index (χ1n) is 9.58. The molecular formula is C19H28N4O4. The van der Waals surface area contributed by atoms with E-state index in [9.17, 15) is 14.4 Å². The van der Waals surface area contributed by atoms with Gasteiger partial charge in [-0.2, -0.15) is 0 Å². The first-order valence-corrected chi connectivity index (χ1v) is 9.58. The van der Waals surface area contributed by atoms with Crippen molar-refractivity contribution in [1.82, 2.24) is 19.4 Å². The van der Waals surface area contributed by atoms with Crippen molar-refractivity contribution in [1.29, 1.82) is 0 Å². The highest BCUT2D eigenvalue weighted by Crippen LogP contribution is 2.25. The molecule has 1 unspecified atom stereocenters. The molecule has 0 N–H and O–H groups in total. The average Bonchev–Trinajstić information content (AvgIpc) is 3.13. The summed E-state index contributed by atoms with van der Waals surface area (Å²) in [6.07, 6.45) is 6.35. The topological polar surface area (TPSA) is 84.7 Å². The number of rotatable bonds is 5. The number of piperidine rings is 2. The average molecular weight is 376 g/mol. The van der Waals surface area contributed by atoms with E-state index in [1.165, 1.54) is 7.11 Å². The minimum Gasteiger partial charge on any atom is -0.375 e. The Bertz CT molecular complexity index is 694. The van der Waals surface area contributed by atoms with Crippen LogP contribution >= 0.6 is 0 Å². The van der Waals surface area contributed by atoms with Crippen LogP contribution < -0.4 is 0 Å². The van der Waals surface area contributed by atoms with Gasteiger partial charge >= 0.3 is 0 Å². The van der Waals surface area contributed by atoms with E-state index in [2.05, 4.69) is 4.98 Å². The van der Waals surface area contributed by atoms with Crippen molar-refractivity contribution in [2.75, 3.05) is 39.9 Å². The van der Waals surface area contributed by atoms with Crippen LogP contribution in [0.2, 0.25) is 0 Å². The first-order chi connectivity index (χ1) is 13.0. The summed E-state index contributed by atoms with van der Waals surface area (Å²) >= 11 is 0. The highest BCUT2D eigenvalue weighted by molar-refractivity contribution is 5.95. The third kappa shape index (κ3) is 4.37. The third-order valence-electron chi connectivity index (χ3n) is 5.61. The highest BCUT2D eigenvalue weighted by Gasteiger charge is 2.35. The lowest BCUT2D eigenvalue weighted by atomic mass is 9.90. The van der Waals surface area contributed by atoms with Crippen molar-refractivity contribution in [3.05, 3.63) is 18.2 Å². The summed E-state index contributed by atoms with van der Waals surface area (Å²) in [6, 6.07) is 0. The van der Waals surface area contributed by atoms with E-state index in [4.69, 9.17) is 4.74 Å². The lowest BCUT2D eigenvalue weighted by Gasteiger charge is -2.37. The quantitative estimate of drug-likeness (QED) is 0.707. The molecule has 8 nitrogen and oxygen atoms in total. The molecular weight excluding hydrogens is 348 g/mol. The van der Waals surface area contributed by atoms with Crippen LogP contribution in [0.1, 0.15) is 36.3 Å². The molecule has 148 valence electrons. The number of methoxy groups -OCH3 is 1. The van der Waals surface area contributed by atoms with Gasteiger partial charge in [-0.15, -0.1) is 0 Å². The van der Waals surface area contributed by atoms with Crippen molar-refractivity contribution in [2.24, 2.45) is 18.9 Å². The molecule has 2 fully saturated rings. The first kappa shape index (κ1) is 19.5. The number of ether oxygens (including phenoxy) is 1. The van der Waals surface area contributed by atoms with Crippen molar-refractivity contribution < 1.29 is 19.1 Å². The van der Waals surface area contributed by atoms with Gasteiger partial charge in [-0.25, -0.2) is 4.98 Å². The van der Waals surface area contributed by atoms with Crippen LogP contribution in [0.3, 0.4) is 0 Å². The second-order valence-corrected chi connectivity index (χ2v) is 7.44. The van der Waals surface area contributed by atoms with Gasteiger partial charge in [0.2, 0.25) is 17.6 Å². The molecule has 3 heterocycles. The zero-order valence-electron chi connectivity index (χ0n) is 16.1. The SMILES string of the molecule is COCC(=O)N1CCC(C(=O)N2CCCC(C(=O)c3nccn3C)C2)CC1. The van der Waals surface area contributed by atoms with Crippen LogP contribution in [0.25, 0.3) is 0 Å². The number of carbonyl (C=O) groups excluding carboxylic acids is 3. The summed E-state index contributed by atoms with van der Waals surface area (Å²) in [5.41, 5.74) is 0. The smallest absolute Gasteiger partial charge is 0.248 e. The second kappa shape index (κ2) is 8.65. The maximum absolute atomic E-state index is 12.9. The lowest BCUT2D eigenvalue weighted by molar-refractivity contribution is -0.143. The molecule has 1 atom stereocenters. The summed E-state index contributed by atoms with van der Waals surface area (Å²) in [7, 11) is 3.32. The standard InChI is InChI=1S/C19H28N4O4/c1-21-11-7-20-18(21)17(25)15-4-3-8-23(12-15)19(26)14-5-9-22(10-6-14)16(24)13-27-2/h7,11,14-15H,3-6,8-10,12-13H2,1-2H3. The predicted molar refractivity (Wildman–Crippen MR) is 98.0 cm³/mol. The summed E-state index contributed by atoms with van der Waals surface area (Å²) in [6.45, 7) is 2.42. The summed E-state index contributed by atoms with van der Waals surface area (Å²) in [5, 5.41) is 0.